The van der Waals surface area contributed by atoms with E-state index in [0.717, 1.165) is 16.4 Å². The minimum absolute atomic E-state index is 0.0126. The Labute approximate surface area is 91.2 Å². The average Bonchev–Trinajstić information content (AvgIpc) is 2.17. The van der Waals surface area contributed by atoms with Crippen LogP contribution in [0.15, 0.2) is 23.1 Å². The molecule has 1 fully saturated rings. The van der Waals surface area contributed by atoms with Crippen LogP contribution in [0.4, 0.5) is 8.78 Å². The molecule has 0 atom stereocenters. The summed E-state index contributed by atoms with van der Waals surface area (Å²) in [4.78, 5) is -0.307. The van der Waals surface area contributed by atoms with Crippen molar-refractivity contribution in [3.63, 3.8) is 0 Å². The third-order valence-electron chi connectivity index (χ3n) is 2.36. The molecule has 0 aromatic heterocycles. The van der Waals surface area contributed by atoms with E-state index >= 15 is 0 Å². The van der Waals surface area contributed by atoms with Crippen LogP contribution in [0.2, 0.25) is 0 Å². The van der Waals surface area contributed by atoms with Gasteiger partial charge in [0.2, 0.25) is 10.0 Å². The maximum absolute atomic E-state index is 12.9. The van der Waals surface area contributed by atoms with Crippen molar-refractivity contribution in [3.8, 4) is 0 Å². The maximum Gasteiger partial charge on any atom is 0.243 e. The molecule has 0 spiro atoms. The van der Waals surface area contributed by atoms with E-state index in [0.29, 0.717) is 6.07 Å². The number of aliphatic hydroxyl groups is 1. The first kappa shape index (κ1) is 11.4. The van der Waals surface area contributed by atoms with Crippen LogP contribution in [0.1, 0.15) is 0 Å². The van der Waals surface area contributed by atoms with Gasteiger partial charge in [-0.15, -0.1) is 0 Å². The zero-order valence-corrected chi connectivity index (χ0v) is 8.92. The van der Waals surface area contributed by atoms with Crippen LogP contribution in [0, 0.1) is 11.6 Å². The number of halogens is 2. The van der Waals surface area contributed by atoms with Crippen LogP contribution in [0.25, 0.3) is 0 Å². The molecule has 1 aliphatic heterocycles. The van der Waals surface area contributed by atoms with Crippen LogP contribution in [-0.2, 0) is 10.0 Å². The fourth-order valence-corrected chi connectivity index (χ4v) is 2.93. The molecule has 0 saturated carbocycles. The van der Waals surface area contributed by atoms with Gasteiger partial charge in [-0.3, -0.25) is 0 Å². The second-order valence-electron chi connectivity index (χ2n) is 3.55. The van der Waals surface area contributed by atoms with Crippen molar-refractivity contribution < 1.29 is 22.3 Å². The van der Waals surface area contributed by atoms with Gasteiger partial charge >= 0.3 is 0 Å². The van der Waals surface area contributed by atoms with Crippen molar-refractivity contribution in [2.24, 2.45) is 0 Å². The Morgan fingerprint density at radius 1 is 1.25 bits per heavy atom. The largest absolute Gasteiger partial charge is 0.390 e. The summed E-state index contributed by atoms with van der Waals surface area (Å²) in [6.07, 6.45) is -0.680. The Bertz CT molecular complexity index is 511. The number of nitrogens with zero attached hydrogens (tertiary/aromatic N) is 1. The lowest BCUT2D eigenvalue weighted by Crippen LogP contribution is -2.53. The van der Waals surface area contributed by atoms with Gasteiger partial charge in [-0.05, 0) is 18.2 Å². The molecule has 1 aromatic rings. The molecule has 0 unspecified atom stereocenters. The molecule has 1 aromatic carbocycles. The van der Waals surface area contributed by atoms with E-state index in [1.165, 1.54) is 0 Å². The molecule has 4 nitrogen and oxygen atoms in total. The fourth-order valence-electron chi connectivity index (χ4n) is 1.40. The molecule has 16 heavy (non-hydrogen) atoms. The summed E-state index contributed by atoms with van der Waals surface area (Å²) < 4.78 is 50.0. The Balaban J connectivity index is 2.33. The summed E-state index contributed by atoms with van der Waals surface area (Å²) in [7, 11) is -3.81. The highest BCUT2D eigenvalue weighted by Crippen LogP contribution is 2.22. The van der Waals surface area contributed by atoms with Gasteiger partial charge in [-0.1, -0.05) is 0 Å². The monoisotopic (exact) mass is 249 g/mol. The number of hydrogen-bond donors (Lipinski definition) is 1. The maximum atomic E-state index is 12.9. The van der Waals surface area contributed by atoms with Crippen molar-refractivity contribution in [1.82, 2.24) is 4.31 Å². The first-order valence-corrected chi connectivity index (χ1v) is 5.98. The quantitative estimate of drug-likeness (QED) is 0.821. The van der Waals surface area contributed by atoms with Gasteiger partial charge in [-0.2, -0.15) is 4.31 Å². The minimum Gasteiger partial charge on any atom is -0.390 e. The first-order chi connectivity index (χ1) is 7.41. The highest BCUT2D eigenvalue weighted by molar-refractivity contribution is 7.89. The highest BCUT2D eigenvalue weighted by Gasteiger charge is 2.35. The molecule has 1 heterocycles. The van der Waals surface area contributed by atoms with Crippen LogP contribution < -0.4 is 0 Å². The van der Waals surface area contributed by atoms with Crippen LogP contribution in [0.3, 0.4) is 0 Å². The van der Waals surface area contributed by atoms with E-state index in [2.05, 4.69) is 0 Å². The van der Waals surface area contributed by atoms with E-state index in [1.807, 2.05) is 0 Å². The molecule has 1 N–H and O–H groups in total. The Morgan fingerprint density at radius 3 is 2.38 bits per heavy atom. The fraction of sp³-hybridized carbons (Fsp3) is 0.333. The number of rotatable bonds is 2. The Hall–Kier alpha value is -1.05. The van der Waals surface area contributed by atoms with Gasteiger partial charge in [0.15, 0.2) is 11.6 Å². The van der Waals surface area contributed by atoms with Crippen molar-refractivity contribution in [2.45, 2.75) is 11.0 Å². The number of β-amino-alcohol motifs (C(OH)–C–C–N with tert-alkyl or cyclic N) is 1. The molecule has 7 heteroatoms. The van der Waals surface area contributed by atoms with Crippen molar-refractivity contribution >= 4 is 10.0 Å². The smallest absolute Gasteiger partial charge is 0.243 e. The van der Waals surface area contributed by atoms with Crippen LogP contribution in [-0.4, -0.2) is 37.0 Å². The molecule has 88 valence electrons. The van der Waals surface area contributed by atoms with Gasteiger partial charge in [0, 0.05) is 13.1 Å². The molecule has 0 aliphatic carbocycles. The average molecular weight is 249 g/mol. The summed E-state index contributed by atoms with van der Waals surface area (Å²) in [5.74, 6) is -2.30. The van der Waals surface area contributed by atoms with Crippen molar-refractivity contribution in [2.75, 3.05) is 13.1 Å². The van der Waals surface area contributed by atoms with Crippen molar-refractivity contribution in [3.05, 3.63) is 29.8 Å². The normalized spacial score (nSPS) is 18.4. The van der Waals surface area contributed by atoms with E-state index in [4.69, 9.17) is 5.11 Å². The van der Waals surface area contributed by atoms with Gasteiger partial charge in [0.1, 0.15) is 0 Å². The molecular formula is C9H9F2NO3S. The van der Waals surface area contributed by atoms with E-state index in [9.17, 15) is 17.2 Å². The molecule has 0 amide bonds. The topological polar surface area (TPSA) is 57.6 Å². The third kappa shape index (κ3) is 1.81. The van der Waals surface area contributed by atoms with Crippen molar-refractivity contribution in [1.29, 1.82) is 0 Å². The zero-order chi connectivity index (χ0) is 11.9. The standard InChI is InChI=1S/C9H9F2NO3S/c10-8-2-1-7(3-9(8)11)16(14,15)12-4-6(13)5-12/h1-3,6,13H,4-5H2. The lowest BCUT2D eigenvalue weighted by atomic mass is 10.2. The third-order valence-corrected chi connectivity index (χ3v) is 4.19. The molecular weight excluding hydrogens is 240 g/mol. The summed E-state index contributed by atoms with van der Waals surface area (Å²) >= 11 is 0. The minimum atomic E-state index is -3.81. The first-order valence-electron chi connectivity index (χ1n) is 4.54. The molecule has 1 aliphatic rings. The number of sulfonamides is 1. The number of hydrogen-bond acceptors (Lipinski definition) is 3. The summed E-state index contributed by atoms with van der Waals surface area (Å²) in [5.41, 5.74) is 0. The van der Waals surface area contributed by atoms with Crippen LogP contribution >= 0.6 is 0 Å². The van der Waals surface area contributed by atoms with Gasteiger partial charge in [-0.25, -0.2) is 17.2 Å². The summed E-state index contributed by atoms with van der Waals surface area (Å²) in [5, 5.41) is 8.99. The van der Waals surface area contributed by atoms with Gasteiger partial charge < -0.3 is 5.11 Å². The van der Waals surface area contributed by atoms with Gasteiger partial charge in [0.25, 0.3) is 0 Å². The Morgan fingerprint density at radius 2 is 1.88 bits per heavy atom. The summed E-state index contributed by atoms with van der Waals surface area (Å²) in [6, 6.07) is 2.40. The van der Waals surface area contributed by atoms with E-state index in [-0.39, 0.29) is 18.0 Å². The Kier molecular flexibility index (Phi) is 2.69. The van der Waals surface area contributed by atoms with Gasteiger partial charge in [0.05, 0.1) is 11.0 Å². The predicted molar refractivity (Wildman–Crippen MR) is 51.1 cm³/mol. The molecule has 1 saturated heterocycles. The SMILES string of the molecule is O=S(=O)(c1ccc(F)c(F)c1)N1CC(O)C1. The molecule has 0 bridgehead atoms. The van der Waals surface area contributed by atoms with E-state index in [1.54, 1.807) is 0 Å². The highest BCUT2D eigenvalue weighted by atomic mass is 32.2. The lowest BCUT2D eigenvalue weighted by molar-refractivity contribution is 0.0547. The summed E-state index contributed by atoms with van der Waals surface area (Å²) in [6.45, 7) is -0.0251. The molecule has 2 rings (SSSR count). The number of aliphatic hydroxyl groups excluding tert-OH is 1. The zero-order valence-electron chi connectivity index (χ0n) is 8.10. The number of benzene rings is 1. The lowest BCUT2D eigenvalue weighted by Gasteiger charge is -2.34. The van der Waals surface area contributed by atoms with Crippen LogP contribution in [0.5, 0.6) is 0 Å². The molecule has 0 radical (unpaired) electrons. The second-order valence-corrected chi connectivity index (χ2v) is 5.49. The second kappa shape index (κ2) is 3.76. The predicted octanol–water partition coefficient (Wildman–Crippen LogP) is 0.330. The van der Waals surface area contributed by atoms with E-state index < -0.39 is 27.8 Å².